The van der Waals surface area contributed by atoms with Gasteiger partial charge in [0.05, 0.1) is 11.3 Å². The molecule has 0 spiro atoms. The third-order valence-electron chi connectivity index (χ3n) is 6.07. The lowest BCUT2D eigenvalue weighted by Crippen LogP contribution is -2.52. The van der Waals surface area contributed by atoms with Gasteiger partial charge in [-0.15, -0.1) is 0 Å². The number of amides is 2. The van der Waals surface area contributed by atoms with Gasteiger partial charge in [0.1, 0.15) is 6.04 Å². The van der Waals surface area contributed by atoms with Crippen LogP contribution in [0, 0.1) is 10.1 Å². The molecule has 0 aromatic heterocycles. The SMILES string of the molecule is CC[C@H](C)NC(=O)[C@H](Cc1ccccc1)N(Cc1ccc(Cl)cc1)C(=O)Cc1ccccc1[N+](=O)[O-]. The monoisotopic (exact) mass is 507 g/mol. The topological polar surface area (TPSA) is 92.6 Å². The van der Waals surface area contributed by atoms with Gasteiger partial charge in [0.25, 0.3) is 5.69 Å². The van der Waals surface area contributed by atoms with Gasteiger partial charge in [-0.05, 0) is 36.6 Å². The van der Waals surface area contributed by atoms with Gasteiger partial charge < -0.3 is 10.2 Å². The Morgan fingerprint density at radius 2 is 1.61 bits per heavy atom. The molecule has 36 heavy (non-hydrogen) atoms. The Morgan fingerprint density at radius 1 is 0.972 bits per heavy atom. The average molecular weight is 508 g/mol. The second kappa shape index (κ2) is 12.8. The van der Waals surface area contributed by atoms with E-state index in [4.69, 9.17) is 11.6 Å². The summed E-state index contributed by atoms with van der Waals surface area (Å²) >= 11 is 6.05. The molecule has 0 aliphatic heterocycles. The summed E-state index contributed by atoms with van der Waals surface area (Å²) in [5, 5.41) is 15.1. The van der Waals surface area contributed by atoms with Crippen molar-refractivity contribution in [2.75, 3.05) is 0 Å². The van der Waals surface area contributed by atoms with Crippen LogP contribution in [0.2, 0.25) is 5.02 Å². The van der Waals surface area contributed by atoms with E-state index < -0.39 is 11.0 Å². The Morgan fingerprint density at radius 3 is 2.25 bits per heavy atom. The average Bonchev–Trinajstić information content (AvgIpc) is 2.87. The molecule has 0 aliphatic carbocycles. The van der Waals surface area contributed by atoms with Crippen molar-refractivity contribution in [3.8, 4) is 0 Å². The number of para-hydroxylation sites is 1. The molecule has 0 radical (unpaired) electrons. The van der Waals surface area contributed by atoms with E-state index in [9.17, 15) is 19.7 Å². The number of benzene rings is 3. The van der Waals surface area contributed by atoms with E-state index in [1.807, 2.05) is 44.2 Å². The molecule has 2 atom stereocenters. The number of nitrogens with zero attached hydrogens (tertiary/aromatic N) is 2. The van der Waals surface area contributed by atoms with Crippen LogP contribution in [-0.2, 0) is 29.0 Å². The molecule has 7 nitrogen and oxygen atoms in total. The molecule has 0 heterocycles. The summed E-state index contributed by atoms with van der Waals surface area (Å²) in [6, 6.07) is 21.9. The van der Waals surface area contributed by atoms with Crippen molar-refractivity contribution in [3.05, 3.63) is 111 Å². The number of nitrogens with one attached hydrogen (secondary N) is 1. The number of carbonyl (C=O) groups is 2. The first kappa shape index (κ1) is 26.9. The van der Waals surface area contributed by atoms with Gasteiger partial charge >= 0.3 is 0 Å². The second-order valence-electron chi connectivity index (χ2n) is 8.73. The van der Waals surface area contributed by atoms with E-state index in [0.717, 1.165) is 17.5 Å². The van der Waals surface area contributed by atoms with Crippen molar-refractivity contribution < 1.29 is 14.5 Å². The zero-order chi connectivity index (χ0) is 26.1. The van der Waals surface area contributed by atoms with Gasteiger partial charge in [-0.3, -0.25) is 19.7 Å². The number of hydrogen-bond donors (Lipinski definition) is 1. The number of halogens is 1. The van der Waals surface area contributed by atoms with Crippen LogP contribution in [0.3, 0.4) is 0 Å². The molecular weight excluding hydrogens is 478 g/mol. The number of rotatable bonds is 11. The van der Waals surface area contributed by atoms with E-state index in [1.54, 1.807) is 42.5 Å². The van der Waals surface area contributed by atoms with Gasteiger partial charge in [-0.2, -0.15) is 0 Å². The van der Waals surface area contributed by atoms with Crippen LogP contribution in [-0.4, -0.2) is 33.7 Å². The molecule has 0 fully saturated rings. The first-order chi connectivity index (χ1) is 17.3. The first-order valence-electron chi connectivity index (χ1n) is 11.9. The minimum atomic E-state index is -0.813. The lowest BCUT2D eigenvalue weighted by Gasteiger charge is -2.32. The number of hydrogen-bond acceptors (Lipinski definition) is 4. The summed E-state index contributed by atoms with van der Waals surface area (Å²) in [5.41, 5.74) is 1.88. The smallest absolute Gasteiger partial charge is 0.273 e. The summed E-state index contributed by atoms with van der Waals surface area (Å²) in [7, 11) is 0. The second-order valence-corrected chi connectivity index (χ2v) is 9.17. The number of nitro groups is 1. The summed E-state index contributed by atoms with van der Waals surface area (Å²) in [5.74, 6) is -0.641. The van der Waals surface area contributed by atoms with Crippen molar-refractivity contribution in [1.82, 2.24) is 10.2 Å². The molecule has 8 heteroatoms. The van der Waals surface area contributed by atoms with Gasteiger partial charge in [-0.1, -0.05) is 79.2 Å². The van der Waals surface area contributed by atoms with E-state index in [2.05, 4.69) is 5.32 Å². The normalized spacial score (nSPS) is 12.4. The van der Waals surface area contributed by atoms with Crippen LogP contribution in [0.1, 0.15) is 37.0 Å². The number of nitro benzene ring substituents is 1. The fourth-order valence-electron chi connectivity index (χ4n) is 3.88. The fraction of sp³-hybridized carbons (Fsp3) is 0.286. The summed E-state index contributed by atoms with van der Waals surface area (Å²) in [6.07, 6.45) is 0.844. The highest BCUT2D eigenvalue weighted by atomic mass is 35.5. The molecule has 3 aromatic carbocycles. The maximum atomic E-state index is 13.7. The van der Waals surface area contributed by atoms with Crippen LogP contribution in [0.5, 0.6) is 0 Å². The zero-order valence-corrected chi connectivity index (χ0v) is 21.1. The Balaban J connectivity index is 2.01. The Kier molecular flexibility index (Phi) is 9.59. The summed E-state index contributed by atoms with van der Waals surface area (Å²) in [6.45, 7) is 4.04. The van der Waals surface area contributed by atoms with Crippen molar-refractivity contribution in [3.63, 3.8) is 0 Å². The Bertz CT molecular complexity index is 1180. The van der Waals surface area contributed by atoms with Crippen molar-refractivity contribution in [2.24, 2.45) is 0 Å². The predicted octanol–water partition coefficient (Wildman–Crippen LogP) is 5.35. The van der Waals surface area contributed by atoms with E-state index >= 15 is 0 Å². The number of carbonyl (C=O) groups excluding carboxylic acids is 2. The van der Waals surface area contributed by atoms with Crippen LogP contribution in [0.15, 0.2) is 78.9 Å². The third kappa shape index (κ3) is 7.39. The molecule has 0 saturated carbocycles. The Labute approximate surface area is 216 Å². The largest absolute Gasteiger partial charge is 0.352 e. The highest BCUT2D eigenvalue weighted by Crippen LogP contribution is 2.22. The maximum Gasteiger partial charge on any atom is 0.273 e. The molecule has 3 rings (SSSR count). The van der Waals surface area contributed by atoms with Crippen molar-refractivity contribution in [2.45, 2.75) is 51.7 Å². The molecule has 2 amide bonds. The molecule has 3 aromatic rings. The summed E-state index contributed by atoms with van der Waals surface area (Å²) in [4.78, 5) is 39.8. The quantitative estimate of drug-likeness (QED) is 0.280. The molecule has 0 saturated heterocycles. The van der Waals surface area contributed by atoms with Crippen LogP contribution >= 0.6 is 11.6 Å². The van der Waals surface area contributed by atoms with Gasteiger partial charge in [-0.25, -0.2) is 0 Å². The van der Waals surface area contributed by atoms with Crippen LogP contribution in [0.4, 0.5) is 5.69 Å². The van der Waals surface area contributed by atoms with Gasteiger partial charge in [0, 0.05) is 35.7 Å². The van der Waals surface area contributed by atoms with E-state index in [1.165, 1.54) is 11.0 Å². The highest BCUT2D eigenvalue weighted by molar-refractivity contribution is 6.30. The fourth-order valence-corrected chi connectivity index (χ4v) is 4.01. The lowest BCUT2D eigenvalue weighted by atomic mass is 10.0. The van der Waals surface area contributed by atoms with Crippen LogP contribution < -0.4 is 5.32 Å². The Hall–Kier alpha value is -3.71. The molecule has 0 bridgehead atoms. The predicted molar refractivity (Wildman–Crippen MR) is 141 cm³/mol. The van der Waals surface area contributed by atoms with Crippen molar-refractivity contribution in [1.29, 1.82) is 0 Å². The zero-order valence-electron chi connectivity index (χ0n) is 20.4. The van der Waals surface area contributed by atoms with E-state index in [-0.39, 0.29) is 36.5 Å². The van der Waals surface area contributed by atoms with Crippen LogP contribution in [0.25, 0.3) is 0 Å². The van der Waals surface area contributed by atoms with Gasteiger partial charge in [0.15, 0.2) is 0 Å². The van der Waals surface area contributed by atoms with Gasteiger partial charge in [0.2, 0.25) is 11.8 Å². The molecule has 1 N–H and O–H groups in total. The minimum Gasteiger partial charge on any atom is -0.352 e. The van der Waals surface area contributed by atoms with Crippen molar-refractivity contribution >= 4 is 29.1 Å². The lowest BCUT2D eigenvalue weighted by molar-refractivity contribution is -0.385. The summed E-state index contributed by atoms with van der Waals surface area (Å²) < 4.78 is 0. The minimum absolute atomic E-state index is 0.0709. The first-order valence-corrected chi connectivity index (χ1v) is 12.3. The molecular formula is C28H30ClN3O4. The third-order valence-corrected chi connectivity index (χ3v) is 6.32. The van der Waals surface area contributed by atoms with E-state index in [0.29, 0.717) is 17.0 Å². The molecule has 188 valence electrons. The molecule has 0 aliphatic rings. The maximum absolute atomic E-state index is 13.7. The molecule has 0 unspecified atom stereocenters. The standard InChI is InChI=1S/C28H30ClN3O4/c1-3-20(2)30-28(34)26(17-21-9-5-4-6-10-21)31(19-22-13-15-24(29)16-14-22)27(33)18-23-11-7-8-12-25(23)32(35)36/h4-16,20,26H,3,17-19H2,1-2H3,(H,30,34)/t20-,26-/m0/s1. The highest BCUT2D eigenvalue weighted by Gasteiger charge is 2.32.